The second-order valence-corrected chi connectivity index (χ2v) is 10.3. The fraction of sp³-hybridized carbons (Fsp3) is 0.171. The van der Waals surface area contributed by atoms with Crippen molar-refractivity contribution in [2.45, 2.75) is 31.7 Å². The molecule has 42 heavy (non-hydrogen) atoms. The highest BCUT2D eigenvalue weighted by molar-refractivity contribution is 6.07. The molecule has 1 fully saturated rings. The van der Waals surface area contributed by atoms with Crippen molar-refractivity contribution in [3.63, 3.8) is 0 Å². The lowest BCUT2D eigenvalue weighted by molar-refractivity contribution is 0.00209. The van der Waals surface area contributed by atoms with E-state index in [1.54, 1.807) is 12.4 Å². The fourth-order valence-corrected chi connectivity index (χ4v) is 5.06. The van der Waals surface area contributed by atoms with Crippen molar-refractivity contribution in [1.82, 2.24) is 19.9 Å². The average Bonchev–Trinajstić information content (AvgIpc) is 3.39. The maximum Gasteiger partial charge on any atom is 0.213 e. The molecule has 1 aliphatic rings. The quantitative estimate of drug-likeness (QED) is 0.167. The predicted octanol–water partition coefficient (Wildman–Crippen LogP) is 6.73. The van der Waals surface area contributed by atoms with E-state index in [4.69, 9.17) is 14.2 Å². The van der Waals surface area contributed by atoms with Gasteiger partial charge in [-0.2, -0.15) is 0 Å². The molecule has 0 bridgehead atoms. The fourth-order valence-electron chi connectivity index (χ4n) is 5.06. The first kappa shape index (κ1) is 25.8. The largest absolute Gasteiger partial charge is 0.489 e. The molecule has 4 aromatic heterocycles. The molecule has 1 aliphatic carbocycles. The third kappa shape index (κ3) is 5.80. The zero-order valence-corrected chi connectivity index (χ0v) is 22.9. The van der Waals surface area contributed by atoms with Gasteiger partial charge >= 0.3 is 0 Å². The summed E-state index contributed by atoms with van der Waals surface area (Å²) in [6.45, 7) is 0.902. The smallest absolute Gasteiger partial charge is 0.213 e. The van der Waals surface area contributed by atoms with Crippen molar-refractivity contribution < 1.29 is 14.2 Å². The molecular formula is C35H28N4O3. The summed E-state index contributed by atoms with van der Waals surface area (Å²) < 4.78 is 17.7. The number of aromatic amines is 1. The van der Waals surface area contributed by atoms with Crippen LogP contribution in [0.3, 0.4) is 0 Å². The van der Waals surface area contributed by atoms with E-state index in [1.807, 2.05) is 73.1 Å². The molecular weight excluding hydrogens is 524 g/mol. The summed E-state index contributed by atoms with van der Waals surface area (Å²) in [6.07, 6.45) is 9.05. The first-order chi connectivity index (χ1) is 20.8. The summed E-state index contributed by atoms with van der Waals surface area (Å²) in [7, 11) is 0. The Hall–Kier alpha value is -5.19. The first-order valence-electron chi connectivity index (χ1n) is 14.0. The Morgan fingerprint density at radius 3 is 2.48 bits per heavy atom. The van der Waals surface area contributed by atoms with E-state index >= 15 is 0 Å². The van der Waals surface area contributed by atoms with Crippen LogP contribution >= 0.6 is 0 Å². The summed E-state index contributed by atoms with van der Waals surface area (Å²) in [5.41, 5.74) is 6.12. The van der Waals surface area contributed by atoms with Crippen LogP contribution in [0, 0.1) is 11.8 Å². The van der Waals surface area contributed by atoms with Crippen LogP contribution in [0.15, 0.2) is 104 Å². The molecule has 7 rings (SSSR count). The number of H-pyrrole nitrogens is 1. The highest BCUT2D eigenvalue weighted by Gasteiger charge is 2.33. The minimum atomic E-state index is 0.0821. The second kappa shape index (κ2) is 11.7. The molecule has 206 valence electrons. The summed E-state index contributed by atoms with van der Waals surface area (Å²) >= 11 is 0. The van der Waals surface area contributed by atoms with Gasteiger partial charge in [0.2, 0.25) is 5.88 Å². The van der Waals surface area contributed by atoms with E-state index in [1.165, 1.54) is 0 Å². The van der Waals surface area contributed by atoms with Gasteiger partial charge in [-0.25, -0.2) is 9.97 Å². The molecule has 1 N–H and O–H groups in total. The van der Waals surface area contributed by atoms with E-state index in [2.05, 4.69) is 50.0 Å². The molecule has 6 aromatic rings. The molecule has 4 heterocycles. The molecule has 7 heteroatoms. The molecule has 2 aromatic carbocycles. The van der Waals surface area contributed by atoms with Gasteiger partial charge in [0.25, 0.3) is 0 Å². The lowest BCUT2D eigenvalue weighted by atomic mass is 9.92. The Morgan fingerprint density at radius 1 is 0.762 bits per heavy atom. The second-order valence-electron chi connectivity index (χ2n) is 10.3. The molecule has 0 radical (unpaired) electrons. The number of nitrogens with zero attached hydrogens (tertiary/aromatic N) is 3. The van der Waals surface area contributed by atoms with Gasteiger partial charge in [-0.05, 0) is 47.4 Å². The maximum absolute atomic E-state index is 6.08. The topological polar surface area (TPSA) is 82.2 Å². The Labute approximate surface area is 243 Å². The molecule has 0 unspecified atom stereocenters. The van der Waals surface area contributed by atoms with E-state index < -0.39 is 0 Å². The highest BCUT2D eigenvalue weighted by atomic mass is 16.5. The van der Waals surface area contributed by atoms with Gasteiger partial charge in [-0.1, -0.05) is 48.4 Å². The molecule has 0 saturated heterocycles. The predicted molar refractivity (Wildman–Crippen MR) is 162 cm³/mol. The van der Waals surface area contributed by atoms with E-state index in [0.717, 1.165) is 57.1 Å². The Kier molecular flexibility index (Phi) is 7.20. The third-order valence-electron chi connectivity index (χ3n) is 7.35. The van der Waals surface area contributed by atoms with Gasteiger partial charge in [0.15, 0.2) is 0 Å². The zero-order chi connectivity index (χ0) is 28.1. The Balaban J connectivity index is 0.870. The Morgan fingerprint density at radius 2 is 1.64 bits per heavy atom. The minimum absolute atomic E-state index is 0.0821. The van der Waals surface area contributed by atoms with Crippen LogP contribution in [0.25, 0.3) is 32.9 Å². The number of rotatable bonds is 8. The molecule has 1 saturated carbocycles. The number of fused-ring (bicyclic) bond motifs is 3. The summed E-state index contributed by atoms with van der Waals surface area (Å²) in [4.78, 5) is 16.7. The van der Waals surface area contributed by atoms with Gasteiger partial charge in [0.1, 0.15) is 30.3 Å². The third-order valence-corrected chi connectivity index (χ3v) is 7.35. The molecule has 7 nitrogen and oxygen atoms in total. The number of ether oxygens (including phenoxy) is 3. The van der Waals surface area contributed by atoms with Crippen LogP contribution in [-0.4, -0.2) is 38.8 Å². The van der Waals surface area contributed by atoms with Crippen LogP contribution in [0.5, 0.6) is 11.6 Å². The van der Waals surface area contributed by atoms with E-state index in [9.17, 15) is 0 Å². The number of hydrogen-bond acceptors (Lipinski definition) is 6. The van der Waals surface area contributed by atoms with Crippen LogP contribution in [0.2, 0.25) is 0 Å². The normalized spacial score (nSPS) is 16.0. The highest BCUT2D eigenvalue weighted by Crippen LogP contribution is 2.31. The zero-order valence-electron chi connectivity index (χ0n) is 22.9. The number of hydrogen-bond donors (Lipinski definition) is 1. The van der Waals surface area contributed by atoms with Crippen LogP contribution in [0.1, 0.15) is 24.1 Å². The molecule has 0 atom stereocenters. The van der Waals surface area contributed by atoms with Crippen molar-refractivity contribution in [3.8, 4) is 34.6 Å². The SMILES string of the molecule is C(#Cc1ccc(O[C@H]2C[C@H](Oc3ccc(-c4ccc5c(c4)[nH]c4ccncc45)cn3)C2)cn1)COCc1ccccc1. The van der Waals surface area contributed by atoms with Gasteiger partial charge in [-0.15, -0.1) is 0 Å². The average molecular weight is 553 g/mol. The lowest BCUT2D eigenvalue weighted by Gasteiger charge is -2.34. The van der Waals surface area contributed by atoms with E-state index in [0.29, 0.717) is 24.8 Å². The van der Waals surface area contributed by atoms with Crippen LogP contribution in [0.4, 0.5) is 0 Å². The van der Waals surface area contributed by atoms with Crippen LogP contribution in [-0.2, 0) is 11.3 Å². The van der Waals surface area contributed by atoms with Crippen molar-refractivity contribution in [3.05, 3.63) is 115 Å². The summed E-state index contributed by atoms with van der Waals surface area (Å²) in [6, 6.07) is 26.2. The lowest BCUT2D eigenvalue weighted by Crippen LogP contribution is -2.41. The van der Waals surface area contributed by atoms with Gasteiger partial charge in [-0.3, -0.25) is 4.98 Å². The van der Waals surface area contributed by atoms with Crippen molar-refractivity contribution in [2.75, 3.05) is 6.61 Å². The number of pyridine rings is 3. The molecule has 0 aliphatic heterocycles. The van der Waals surface area contributed by atoms with Gasteiger partial charge in [0.05, 0.1) is 12.8 Å². The number of benzene rings is 2. The maximum atomic E-state index is 6.08. The van der Waals surface area contributed by atoms with Crippen molar-refractivity contribution >= 4 is 21.8 Å². The van der Waals surface area contributed by atoms with Crippen LogP contribution < -0.4 is 9.47 Å². The Bertz CT molecular complexity index is 1870. The summed E-state index contributed by atoms with van der Waals surface area (Å²) in [5.74, 6) is 7.39. The van der Waals surface area contributed by atoms with Gasteiger partial charge in [0, 0.05) is 64.9 Å². The van der Waals surface area contributed by atoms with Crippen molar-refractivity contribution in [2.24, 2.45) is 0 Å². The number of aromatic nitrogens is 4. The first-order valence-corrected chi connectivity index (χ1v) is 14.0. The minimum Gasteiger partial charge on any atom is -0.489 e. The molecule has 0 spiro atoms. The van der Waals surface area contributed by atoms with Gasteiger partial charge < -0.3 is 19.2 Å². The molecule has 0 amide bonds. The summed E-state index contributed by atoms with van der Waals surface area (Å²) in [5, 5.41) is 2.29. The number of nitrogens with one attached hydrogen (secondary N) is 1. The monoisotopic (exact) mass is 552 g/mol. The standard InChI is InChI=1S/C35H28N4O3/c1-2-5-24(6-3-1)23-40-16-4-7-27-10-11-28(21-37-27)41-29-18-30(19-29)42-35-13-9-26(20-38-35)25-8-12-31-32-22-36-15-14-33(32)39-34(31)17-25/h1-3,5-6,8-15,17,20-22,29-30,39H,16,18-19,23H2/t29-,30-. The van der Waals surface area contributed by atoms with Crippen molar-refractivity contribution in [1.29, 1.82) is 0 Å². The van der Waals surface area contributed by atoms with E-state index in [-0.39, 0.29) is 12.2 Å².